The van der Waals surface area contributed by atoms with E-state index in [0.29, 0.717) is 18.2 Å². The average Bonchev–Trinajstić information content (AvgIpc) is 2.75. The van der Waals surface area contributed by atoms with Gasteiger partial charge < -0.3 is 10.5 Å². The quantitative estimate of drug-likeness (QED) is 0.934. The minimum absolute atomic E-state index is 0.483. The van der Waals surface area contributed by atoms with Crippen molar-refractivity contribution in [3.05, 3.63) is 21.6 Å². The molecule has 0 aliphatic heterocycles. The van der Waals surface area contributed by atoms with E-state index >= 15 is 0 Å². The lowest BCUT2D eigenvalue weighted by Crippen LogP contribution is -2.01. The van der Waals surface area contributed by atoms with Crippen molar-refractivity contribution in [2.45, 2.75) is 6.54 Å². The first kappa shape index (κ1) is 10.4. The fourth-order valence-corrected chi connectivity index (χ4v) is 2.15. The van der Waals surface area contributed by atoms with Crippen molar-refractivity contribution >= 4 is 33.3 Å². The van der Waals surface area contributed by atoms with Gasteiger partial charge in [-0.15, -0.1) is 0 Å². The predicted octanol–water partition coefficient (Wildman–Crippen LogP) is 1.74. The number of halogens is 1. The number of ether oxygens (including phenoxy) is 1. The van der Waals surface area contributed by atoms with Crippen LogP contribution in [0.25, 0.3) is 0 Å². The summed E-state index contributed by atoms with van der Waals surface area (Å²) in [7, 11) is 1.60. The second kappa shape index (κ2) is 4.19. The van der Waals surface area contributed by atoms with Gasteiger partial charge in [-0.1, -0.05) is 0 Å². The van der Waals surface area contributed by atoms with Gasteiger partial charge >= 0.3 is 0 Å². The maximum Gasteiger partial charge on any atom is 0.230 e. The van der Waals surface area contributed by atoms with Crippen molar-refractivity contribution in [3.8, 4) is 5.88 Å². The molecular weight excluding hydrogens is 280 g/mol. The first-order chi connectivity index (χ1) is 7.20. The Kier molecular flexibility index (Phi) is 2.92. The second-order valence-electron chi connectivity index (χ2n) is 2.91. The van der Waals surface area contributed by atoms with Gasteiger partial charge in [0.25, 0.3) is 0 Å². The van der Waals surface area contributed by atoms with E-state index < -0.39 is 0 Å². The average molecular weight is 289 g/mol. The lowest BCUT2D eigenvalue weighted by atomic mass is 10.3. The molecule has 80 valence electrons. The SMILES string of the molecule is COc1nscc1Cn1cc(Br)c(N)n1. The number of hydrogen-bond donors (Lipinski definition) is 1. The fourth-order valence-electron chi connectivity index (χ4n) is 1.19. The zero-order valence-corrected chi connectivity index (χ0v) is 10.4. The number of aromatic nitrogens is 3. The van der Waals surface area contributed by atoms with Crippen molar-refractivity contribution in [2.75, 3.05) is 12.8 Å². The predicted molar refractivity (Wildman–Crippen MR) is 62.1 cm³/mol. The van der Waals surface area contributed by atoms with E-state index in [1.165, 1.54) is 11.5 Å². The molecule has 0 saturated carbocycles. The molecule has 2 rings (SSSR count). The Morgan fingerprint density at radius 1 is 1.67 bits per heavy atom. The molecule has 0 spiro atoms. The number of rotatable bonds is 3. The van der Waals surface area contributed by atoms with Gasteiger partial charge in [0.2, 0.25) is 5.88 Å². The van der Waals surface area contributed by atoms with Crippen LogP contribution in [0.1, 0.15) is 5.56 Å². The molecule has 7 heteroatoms. The third kappa shape index (κ3) is 2.13. The minimum atomic E-state index is 0.483. The number of anilines is 1. The van der Waals surface area contributed by atoms with E-state index in [1.807, 2.05) is 11.6 Å². The zero-order valence-electron chi connectivity index (χ0n) is 7.98. The molecule has 2 N–H and O–H groups in total. The molecule has 0 unspecified atom stereocenters. The van der Waals surface area contributed by atoms with Gasteiger partial charge in [0.15, 0.2) is 5.82 Å². The first-order valence-corrected chi connectivity index (χ1v) is 5.79. The third-order valence-corrected chi connectivity index (χ3v) is 3.15. The summed E-state index contributed by atoms with van der Waals surface area (Å²) in [6.45, 7) is 0.607. The van der Waals surface area contributed by atoms with E-state index in [4.69, 9.17) is 10.5 Å². The molecule has 2 aromatic rings. The normalized spacial score (nSPS) is 10.5. The minimum Gasteiger partial charge on any atom is -0.480 e. The molecule has 0 saturated heterocycles. The molecule has 0 atom stereocenters. The highest BCUT2D eigenvalue weighted by atomic mass is 79.9. The van der Waals surface area contributed by atoms with Gasteiger partial charge in [-0.2, -0.15) is 9.47 Å². The highest BCUT2D eigenvalue weighted by Crippen LogP contribution is 2.22. The van der Waals surface area contributed by atoms with Crippen LogP contribution in [-0.4, -0.2) is 21.3 Å². The standard InChI is InChI=1S/C8H9BrN4OS/c1-14-8-5(4-15-12-8)2-13-3-6(9)7(10)11-13/h3-4H,2H2,1H3,(H2,10,11). The maximum absolute atomic E-state index is 5.62. The Morgan fingerprint density at radius 2 is 2.47 bits per heavy atom. The Labute approximate surface area is 99.1 Å². The van der Waals surface area contributed by atoms with E-state index in [0.717, 1.165) is 10.0 Å². The van der Waals surface area contributed by atoms with Crippen molar-refractivity contribution in [3.63, 3.8) is 0 Å². The molecule has 2 heterocycles. The maximum atomic E-state index is 5.62. The summed E-state index contributed by atoms with van der Waals surface area (Å²) in [6.07, 6.45) is 1.83. The Bertz CT molecular complexity index is 447. The smallest absolute Gasteiger partial charge is 0.230 e. The van der Waals surface area contributed by atoms with Gasteiger partial charge in [0.1, 0.15) is 0 Å². The Balaban J connectivity index is 2.21. The summed E-state index contributed by atoms with van der Waals surface area (Å²) in [5.41, 5.74) is 6.61. The van der Waals surface area contributed by atoms with E-state index in [1.54, 1.807) is 11.8 Å². The van der Waals surface area contributed by atoms with Crippen molar-refractivity contribution in [2.24, 2.45) is 0 Å². The summed E-state index contributed by atoms with van der Waals surface area (Å²) >= 11 is 4.67. The van der Waals surface area contributed by atoms with Crippen molar-refractivity contribution in [1.29, 1.82) is 0 Å². The molecule has 0 radical (unpaired) electrons. The molecule has 0 amide bonds. The first-order valence-electron chi connectivity index (χ1n) is 4.16. The molecule has 0 aliphatic rings. The van der Waals surface area contributed by atoms with Crippen LogP contribution in [0.3, 0.4) is 0 Å². The van der Waals surface area contributed by atoms with Crippen molar-refractivity contribution < 1.29 is 4.74 Å². The monoisotopic (exact) mass is 288 g/mol. The molecule has 0 aliphatic carbocycles. The number of methoxy groups -OCH3 is 1. The highest BCUT2D eigenvalue weighted by molar-refractivity contribution is 9.10. The summed E-state index contributed by atoms with van der Waals surface area (Å²) in [6, 6.07) is 0. The van der Waals surface area contributed by atoms with E-state index in [9.17, 15) is 0 Å². The fraction of sp³-hybridized carbons (Fsp3) is 0.250. The molecule has 0 aromatic carbocycles. The number of nitrogens with two attached hydrogens (primary N) is 1. The zero-order chi connectivity index (χ0) is 10.8. The van der Waals surface area contributed by atoms with Crippen LogP contribution in [0.2, 0.25) is 0 Å². The van der Waals surface area contributed by atoms with Gasteiger partial charge in [0, 0.05) is 17.1 Å². The van der Waals surface area contributed by atoms with Gasteiger partial charge in [-0.25, -0.2) is 0 Å². The molecular formula is C8H9BrN4OS. The Morgan fingerprint density at radius 3 is 3.07 bits per heavy atom. The van der Waals surface area contributed by atoms with Crippen LogP contribution in [0.5, 0.6) is 5.88 Å². The number of nitrogen functional groups attached to an aromatic ring is 1. The number of hydrogen-bond acceptors (Lipinski definition) is 5. The summed E-state index contributed by atoms with van der Waals surface area (Å²) in [5.74, 6) is 1.13. The molecule has 2 aromatic heterocycles. The van der Waals surface area contributed by atoms with Crippen LogP contribution in [0, 0.1) is 0 Å². The topological polar surface area (TPSA) is 66.0 Å². The third-order valence-electron chi connectivity index (χ3n) is 1.87. The van der Waals surface area contributed by atoms with Gasteiger partial charge in [-0.05, 0) is 27.5 Å². The van der Waals surface area contributed by atoms with Crippen LogP contribution in [-0.2, 0) is 6.54 Å². The molecule has 0 bridgehead atoms. The number of nitrogens with zero attached hydrogens (tertiary/aromatic N) is 3. The van der Waals surface area contributed by atoms with E-state index in [-0.39, 0.29) is 0 Å². The van der Waals surface area contributed by atoms with Crippen LogP contribution >= 0.6 is 27.5 Å². The lowest BCUT2D eigenvalue weighted by Gasteiger charge is -2.00. The second-order valence-corrected chi connectivity index (χ2v) is 4.39. The largest absolute Gasteiger partial charge is 0.480 e. The highest BCUT2D eigenvalue weighted by Gasteiger charge is 2.08. The van der Waals surface area contributed by atoms with Gasteiger partial charge in [-0.3, -0.25) is 4.68 Å². The van der Waals surface area contributed by atoms with Gasteiger partial charge in [0.05, 0.1) is 18.1 Å². The van der Waals surface area contributed by atoms with Crippen molar-refractivity contribution in [1.82, 2.24) is 14.2 Å². The summed E-state index contributed by atoms with van der Waals surface area (Å²) in [4.78, 5) is 0. The summed E-state index contributed by atoms with van der Waals surface area (Å²) in [5, 5.41) is 6.06. The lowest BCUT2D eigenvalue weighted by molar-refractivity contribution is 0.395. The molecule has 15 heavy (non-hydrogen) atoms. The summed E-state index contributed by atoms with van der Waals surface area (Å²) < 4.78 is 11.7. The Hall–Kier alpha value is -1.08. The van der Waals surface area contributed by atoms with E-state index in [2.05, 4.69) is 25.4 Å². The molecule has 5 nitrogen and oxygen atoms in total. The van der Waals surface area contributed by atoms with Crippen LogP contribution in [0.15, 0.2) is 16.0 Å². The van der Waals surface area contributed by atoms with Crippen LogP contribution < -0.4 is 10.5 Å². The molecule has 0 fully saturated rings. The van der Waals surface area contributed by atoms with Crippen LogP contribution in [0.4, 0.5) is 5.82 Å².